The summed E-state index contributed by atoms with van der Waals surface area (Å²) in [5, 5.41) is 81.6. The number of thioether (sulfide) groups is 2. The third kappa shape index (κ3) is 10.1. The Morgan fingerprint density at radius 1 is 0.311 bits per heavy atom. The number of hydrogen-bond acceptors (Lipinski definition) is 14. The van der Waals surface area contributed by atoms with Crippen LogP contribution in [0.25, 0.3) is 90.9 Å². The van der Waals surface area contributed by atoms with Gasteiger partial charge < -0.3 is 60.3 Å². The zero-order chi connectivity index (χ0) is 65.3. The number of aromatic amines is 2. The third-order valence-electron chi connectivity index (χ3n) is 14.8. The molecule has 10 N–H and O–H groups in total. The first kappa shape index (κ1) is 64.1. The predicted molar refractivity (Wildman–Crippen MR) is 279 cm³/mol. The molecule has 4 aliphatic heterocycles. The maximum absolute atomic E-state index is 17.1. The van der Waals surface area contributed by atoms with Gasteiger partial charge in [-0.1, -0.05) is 23.5 Å². The third-order valence-corrected chi connectivity index (χ3v) is 17.2. The average Bonchev–Trinajstić information content (AvgIpc) is 1.49. The minimum atomic E-state index is -2.76. The van der Waals surface area contributed by atoms with E-state index in [1.165, 1.54) is 0 Å². The van der Waals surface area contributed by atoms with Crippen LogP contribution in [0.4, 0.5) is 79.0 Å². The van der Waals surface area contributed by atoms with Crippen LogP contribution in [0.1, 0.15) is 22.8 Å². The summed E-state index contributed by atoms with van der Waals surface area (Å²) in [5.74, 6) is -46.0. The van der Waals surface area contributed by atoms with Gasteiger partial charge in [0, 0.05) is 44.3 Å². The zero-order valence-electron chi connectivity index (χ0n) is 43.7. The van der Waals surface area contributed by atoms with Gasteiger partial charge in [-0.3, -0.25) is 0 Å². The highest BCUT2D eigenvalue weighted by Crippen LogP contribution is 2.48. The molecule has 0 unspecified atom stereocenters. The molecule has 474 valence electrons. The Bertz CT molecular complexity index is 4050. The molecule has 0 aliphatic carbocycles. The summed E-state index contributed by atoms with van der Waals surface area (Å²) in [6.07, 6.45) is -14.3. The number of hydrogen-bond donors (Lipinski definition) is 10. The second-order valence-electron chi connectivity index (χ2n) is 19.9. The quantitative estimate of drug-likeness (QED) is 0.0349. The van der Waals surface area contributed by atoms with Crippen molar-refractivity contribution in [3.05, 3.63) is 152 Å². The van der Waals surface area contributed by atoms with Gasteiger partial charge in [-0.05, 0) is 48.6 Å². The number of aliphatic hydroxyl groups excluding tert-OH is 8. The average molecular weight is 1330 g/mol. The second-order valence-corrected chi connectivity index (χ2v) is 22.2. The second kappa shape index (κ2) is 24.0. The first-order chi connectivity index (χ1) is 42.6. The smallest absolute Gasteiger partial charge is 0.200 e. The van der Waals surface area contributed by atoms with E-state index < -0.39 is 277 Å². The highest BCUT2D eigenvalue weighted by Gasteiger charge is 2.47. The van der Waals surface area contributed by atoms with Gasteiger partial charge in [0.05, 0.1) is 68.0 Å². The number of nitrogens with one attached hydrogen (secondary N) is 2. The number of aliphatic hydroxyl groups is 8. The fourth-order valence-electron chi connectivity index (χ4n) is 10.3. The molecule has 3 aromatic heterocycles. The van der Waals surface area contributed by atoms with Crippen LogP contribution in [-0.4, -0.2) is 134 Å². The van der Waals surface area contributed by atoms with Crippen molar-refractivity contribution in [1.29, 1.82) is 0 Å². The largest absolute Gasteiger partial charge is 0.394 e. The molecule has 8 bridgehead atoms. The summed E-state index contributed by atoms with van der Waals surface area (Å²) in [6, 6.07) is 2.49. The van der Waals surface area contributed by atoms with Gasteiger partial charge in [0.25, 0.3) is 0 Å². The van der Waals surface area contributed by atoms with Crippen molar-refractivity contribution < 1.29 is 129 Å². The first-order valence-corrected chi connectivity index (χ1v) is 27.2. The van der Waals surface area contributed by atoms with Gasteiger partial charge in [-0.25, -0.2) is 89.0 Å². The van der Waals surface area contributed by atoms with E-state index in [2.05, 4.69) is 19.9 Å². The lowest BCUT2D eigenvalue weighted by Gasteiger charge is -2.39. The Morgan fingerprint density at radius 2 is 0.533 bits per heavy atom. The Kier molecular flexibility index (Phi) is 17.1. The fourth-order valence-corrected chi connectivity index (χ4v) is 12.6. The molecule has 4 aliphatic rings. The molecular weight excluding hydrogens is 1290 g/mol. The molecule has 34 heteroatoms. The summed E-state index contributed by atoms with van der Waals surface area (Å²) in [7, 11) is 0. The molecule has 90 heavy (non-hydrogen) atoms. The minimum absolute atomic E-state index is 0.342. The van der Waals surface area contributed by atoms with Crippen LogP contribution in [-0.2, 0) is 9.47 Å². The Labute approximate surface area is 496 Å². The van der Waals surface area contributed by atoms with Crippen molar-refractivity contribution in [2.45, 2.75) is 69.5 Å². The van der Waals surface area contributed by atoms with Gasteiger partial charge in [-0.2, -0.15) is 0 Å². The summed E-state index contributed by atoms with van der Waals surface area (Å²) in [4.78, 5) is 9.39. The van der Waals surface area contributed by atoms with Crippen LogP contribution in [0.5, 0.6) is 0 Å². The number of aromatic nitrogens is 4. The summed E-state index contributed by atoms with van der Waals surface area (Å²) in [5.41, 5.74) is -25.3. The van der Waals surface area contributed by atoms with Crippen LogP contribution in [0.15, 0.2) is 34.1 Å². The lowest BCUT2D eigenvalue weighted by Crippen LogP contribution is -2.57. The normalized spacial score (nSPS) is 22.6. The molecule has 10 atom stereocenters. The van der Waals surface area contributed by atoms with Gasteiger partial charge >= 0.3 is 0 Å². The van der Waals surface area contributed by atoms with E-state index in [0.29, 0.717) is 48.6 Å². The van der Waals surface area contributed by atoms with E-state index in [1.54, 1.807) is 0 Å². The van der Waals surface area contributed by atoms with Gasteiger partial charge in [0.2, 0.25) is 11.6 Å². The molecule has 0 saturated carbocycles. The fraction of sp³-hybridized carbons (Fsp3) is 0.214. The lowest BCUT2D eigenvalue weighted by atomic mass is 10.0. The van der Waals surface area contributed by atoms with E-state index in [-0.39, 0.29) is 23.5 Å². The molecule has 7 aromatic rings. The van der Waals surface area contributed by atoms with E-state index in [0.717, 1.165) is 0 Å². The molecule has 2 saturated heterocycles. The van der Waals surface area contributed by atoms with Crippen LogP contribution < -0.4 is 0 Å². The van der Waals surface area contributed by atoms with Crippen molar-refractivity contribution in [1.82, 2.24) is 19.9 Å². The van der Waals surface area contributed by atoms with Crippen molar-refractivity contribution >= 4 is 69.9 Å². The number of nitrogens with zero attached hydrogens (tertiary/aromatic N) is 2. The van der Waals surface area contributed by atoms with E-state index in [1.807, 2.05) is 0 Å². The van der Waals surface area contributed by atoms with Crippen molar-refractivity contribution in [3.63, 3.8) is 0 Å². The van der Waals surface area contributed by atoms with Crippen LogP contribution >= 0.6 is 23.5 Å². The van der Waals surface area contributed by atoms with E-state index >= 15 is 70.2 Å². The molecular formula is C56H32F18N4O10S2. The number of halogens is 18. The lowest BCUT2D eigenvalue weighted by molar-refractivity contribution is -0.205. The van der Waals surface area contributed by atoms with Crippen molar-refractivity contribution in [2.24, 2.45) is 0 Å². The summed E-state index contributed by atoms with van der Waals surface area (Å²) in [6.45, 7) is -2.20. The molecule has 4 aromatic carbocycles. The molecule has 0 amide bonds. The predicted octanol–water partition coefficient (Wildman–Crippen LogP) is 9.61. The molecule has 0 spiro atoms. The van der Waals surface area contributed by atoms with Gasteiger partial charge in [-0.15, -0.1) is 0 Å². The summed E-state index contributed by atoms with van der Waals surface area (Å²) < 4.78 is 301. The Hall–Kier alpha value is -7.48. The molecule has 14 nitrogen and oxygen atoms in total. The molecule has 0 radical (unpaired) electrons. The number of H-pyrrole nitrogens is 2. The van der Waals surface area contributed by atoms with E-state index in [9.17, 15) is 49.6 Å². The number of rotatable bonds is 10. The molecule has 2 fully saturated rings. The van der Waals surface area contributed by atoms with Crippen LogP contribution in [0.2, 0.25) is 0 Å². The standard InChI is InChI=1S/C56H32F18N4O10S2/c57-29-25(30(58)38(66)41(69)37(29)65)21-11-1-5-15(75-11)23(27-33(61)43(71)53(44(72)34(27)62)89-55-51(85)49(83)47(81)19(9-79)87-55)16-7-3-13(77-16)22(26-31(59)39(67)42(70)40(68)32(26)60)14-4-8-18(78-14)24(17-6-2-12(21)76-17)28-35(63)45(73)54(46(74)36(28)64)90-56-52(86)50(84)48(82)20(10-80)88-56/h1-8,19-20,47-52,55-56,75,78-86H,9-10H2/t19-,20-,47-,48-,49+,50+,51-,52-,55+,56+/m1/s1. The van der Waals surface area contributed by atoms with Crippen LogP contribution in [0.3, 0.4) is 0 Å². The maximum atomic E-state index is 17.1. The first-order valence-electron chi connectivity index (χ1n) is 25.4. The number of benzene rings is 4. The van der Waals surface area contributed by atoms with Crippen LogP contribution in [0, 0.1) is 105 Å². The number of ether oxygens (including phenoxy) is 2. The van der Waals surface area contributed by atoms with Gasteiger partial charge in [0.1, 0.15) is 59.7 Å². The topological polar surface area (TPSA) is 238 Å². The van der Waals surface area contributed by atoms with E-state index in [4.69, 9.17) is 9.47 Å². The SMILES string of the molecule is OC[C@H]1O[C@@H](Sc2c(F)c(F)c(-c3c4nc(c(-c5c(F)c(F)c(F)c(F)c5F)c5ccc([nH]5)c(-c5c(F)c(F)c(S[C@@H]6O[C@H](CO)[C@@H](O)[C@H](O)[C@H]6O)c(F)c5F)c5nc(c(-c6c(F)c(F)c(F)c(F)c6F)c6ccc3[nH]6)C=C5)C=C4)c(F)c2F)[C@H](O)[C@@H](O)[C@@H]1O. The highest BCUT2D eigenvalue weighted by molar-refractivity contribution is 8.00. The summed E-state index contributed by atoms with van der Waals surface area (Å²) >= 11 is -0.684. The monoisotopic (exact) mass is 1330 g/mol. The van der Waals surface area contributed by atoms with Gasteiger partial charge in [0.15, 0.2) is 93.1 Å². The zero-order valence-corrected chi connectivity index (χ0v) is 45.3. The molecule has 11 rings (SSSR count). The van der Waals surface area contributed by atoms with Crippen molar-refractivity contribution in [3.8, 4) is 44.5 Å². The Morgan fingerprint density at radius 3 is 0.767 bits per heavy atom. The highest BCUT2D eigenvalue weighted by atomic mass is 32.2. The Balaban J connectivity index is 1.27. The van der Waals surface area contributed by atoms with Crippen molar-refractivity contribution in [2.75, 3.05) is 13.2 Å². The number of fused-ring (bicyclic) bond motifs is 8. The minimum Gasteiger partial charge on any atom is -0.394 e. The molecule has 7 heterocycles. The maximum Gasteiger partial charge on any atom is 0.200 e.